The zero-order valence-electron chi connectivity index (χ0n) is 17.1. The Morgan fingerprint density at radius 3 is 2.50 bits per heavy atom. The Hall–Kier alpha value is -2.69. The van der Waals surface area contributed by atoms with Crippen LogP contribution in [0.15, 0.2) is 46.7 Å². The number of methoxy groups -OCH3 is 1. The maximum Gasteiger partial charge on any atom is 0.250 e. The van der Waals surface area contributed by atoms with Crippen molar-refractivity contribution in [1.82, 2.24) is 14.7 Å². The van der Waals surface area contributed by atoms with Gasteiger partial charge in [0.05, 0.1) is 7.11 Å². The number of nitrogens with one attached hydrogen (secondary N) is 3. The molecule has 0 fully saturated rings. The fourth-order valence-electron chi connectivity index (χ4n) is 2.66. The summed E-state index contributed by atoms with van der Waals surface area (Å²) in [4.78, 5) is 9.83. The van der Waals surface area contributed by atoms with Gasteiger partial charge in [-0.15, -0.1) is 11.3 Å². The molecular weight excluding hydrogens is 422 g/mol. The fraction of sp³-hybridized carbons (Fsp3) is 0.300. The molecule has 30 heavy (non-hydrogen) atoms. The lowest BCUT2D eigenvalue weighted by atomic mass is 10.3. The monoisotopic (exact) mass is 447 g/mol. The molecule has 1 aromatic carbocycles. The lowest BCUT2D eigenvalue weighted by molar-refractivity contribution is 0.415. The average molecular weight is 448 g/mol. The molecule has 0 unspecified atom stereocenters. The highest BCUT2D eigenvalue weighted by atomic mass is 32.2. The topological polar surface area (TPSA) is 105 Å². The van der Waals surface area contributed by atoms with E-state index in [0.29, 0.717) is 22.5 Å². The van der Waals surface area contributed by atoms with E-state index in [1.165, 1.54) is 11.3 Å². The second kappa shape index (κ2) is 9.88. The Morgan fingerprint density at radius 2 is 1.83 bits per heavy atom. The Bertz CT molecular complexity index is 1080. The highest BCUT2D eigenvalue weighted by Crippen LogP contribution is 2.22. The summed E-state index contributed by atoms with van der Waals surface area (Å²) in [6.07, 6.45) is 0.819. The van der Waals surface area contributed by atoms with Crippen LogP contribution in [-0.2, 0) is 16.4 Å². The number of thiophene rings is 1. The first kappa shape index (κ1) is 22.0. The largest absolute Gasteiger partial charge is 0.497 e. The van der Waals surface area contributed by atoms with Crippen molar-refractivity contribution in [2.45, 2.75) is 24.5 Å². The molecule has 0 aliphatic carbocycles. The van der Waals surface area contributed by atoms with E-state index in [4.69, 9.17) is 4.74 Å². The molecule has 0 radical (unpaired) electrons. The molecule has 160 valence electrons. The number of sulfonamides is 1. The van der Waals surface area contributed by atoms with Crippen molar-refractivity contribution >= 4 is 38.8 Å². The van der Waals surface area contributed by atoms with Gasteiger partial charge < -0.3 is 15.4 Å². The van der Waals surface area contributed by atoms with Crippen LogP contribution >= 0.6 is 11.3 Å². The van der Waals surface area contributed by atoms with E-state index in [2.05, 4.69) is 25.3 Å². The molecule has 0 amide bonds. The van der Waals surface area contributed by atoms with E-state index < -0.39 is 10.0 Å². The summed E-state index contributed by atoms with van der Waals surface area (Å²) < 4.78 is 32.8. The van der Waals surface area contributed by atoms with Gasteiger partial charge in [-0.25, -0.2) is 18.1 Å². The number of benzene rings is 1. The van der Waals surface area contributed by atoms with Crippen molar-refractivity contribution in [3.05, 3.63) is 53.0 Å². The number of nitrogens with zero attached hydrogens (tertiary/aromatic N) is 2. The van der Waals surface area contributed by atoms with Crippen molar-refractivity contribution in [3.8, 4) is 5.75 Å². The predicted molar refractivity (Wildman–Crippen MR) is 120 cm³/mol. The van der Waals surface area contributed by atoms with Crippen molar-refractivity contribution in [2.75, 3.05) is 30.8 Å². The Morgan fingerprint density at radius 1 is 1.07 bits per heavy atom. The number of aryl methyl sites for hydroxylation is 2. The van der Waals surface area contributed by atoms with Gasteiger partial charge in [0, 0.05) is 35.4 Å². The van der Waals surface area contributed by atoms with E-state index in [0.717, 1.165) is 28.4 Å². The Balaban J connectivity index is 1.56. The second-order valence-corrected chi connectivity index (χ2v) is 9.63. The molecule has 3 rings (SSSR count). The summed E-state index contributed by atoms with van der Waals surface area (Å²) in [6, 6.07) is 12.8. The van der Waals surface area contributed by atoms with Crippen LogP contribution in [-0.4, -0.2) is 38.6 Å². The first-order valence-corrected chi connectivity index (χ1v) is 11.8. The molecule has 0 saturated heterocycles. The van der Waals surface area contributed by atoms with E-state index in [9.17, 15) is 8.42 Å². The number of hydrogen-bond donors (Lipinski definition) is 3. The zero-order valence-corrected chi connectivity index (χ0v) is 18.7. The third kappa shape index (κ3) is 5.91. The zero-order chi connectivity index (χ0) is 21.6. The van der Waals surface area contributed by atoms with Gasteiger partial charge in [0.2, 0.25) is 16.0 Å². The maximum absolute atomic E-state index is 12.4. The molecule has 0 aliphatic heterocycles. The molecule has 0 saturated carbocycles. The summed E-state index contributed by atoms with van der Waals surface area (Å²) in [5.41, 5.74) is 1.66. The third-order valence-corrected chi connectivity index (χ3v) is 7.35. The minimum absolute atomic E-state index is 0.222. The van der Waals surface area contributed by atoms with Gasteiger partial charge in [0.15, 0.2) is 0 Å². The minimum Gasteiger partial charge on any atom is -0.497 e. The van der Waals surface area contributed by atoms with Crippen LogP contribution in [0.25, 0.3) is 0 Å². The molecular formula is C20H25N5O3S2. The molecule has 0 aliphatic rings. The summed E-state index contributed by atoms with van der Waals surface area (Å²) in [7, 11) is -1.88. The summed E-state index contributed by atoms with van der Waals surface area (Å²) >= 11 is 1.29. The van der Waals surface area contributed by atoms with E-state index in [1.54, 1.807) is 13.2 Å². The van der Waals surface area contributed by atoms with Crippen LogP contribution in [0.4, 0.5) is 17.5 Å². The molecule has 0 bridgehead atoms. The SMILES string of the molecule is CCc1ccc(S(=O)(=O)NCCNc2nc(C)cc(Nc3ccc(OC)cc3)n2)s1. The average Bonchev–Trinajstić information content (AvgIpc) is 3.22. The number of rotatable bonds is 10. The molecule has 2 heterocycles. The predicted octanol–water partition coefficient (Wildman–Crippen LogP) is 3.55. The molecule has 3 aromatic rings. The summed E-state index contributed by atoms with van der Waals surface area (Å²) in [6.45, 7) is 4.45. The van der Waals surface area contributed by atoms with E-state index >= 15 is 0 Å². The summed E-state index contributed by atoms with van der Waals surface area (Å²) in [5, 5.41) is 6.29. The van der Waals surface area contributed by atoms with Crippen LogP contribution in [0, 0.1) is 6.92 Å². The molecule has 0 spiro atoms. The molecule has 8 nitrogen and oxygen atoms in total. The highest BCUT2D eigenvalue weighted by molar-refractivity contribution is 7.91. The van der Waals surface area contributed by atoms with Gasteiger partial charge in [-0.05, 0) is 49.7 Å². The van der Waals surface area contributed by atoms with E-state index in [-0.39, 0.29) is 6.54 Å². The van der Waals surface area contributed by atoms with Crippen LogP contribution in [0.1, 0.15) is 17.5 Å². The second-order valence-electron chi connectivity index (χ2n) is 6.47. The van der Waals surface area contributed by atoms with Crippen molar-refractivity contribution in [3.63, 3.8) is 0 Å². The third-order valence-electron chi connectivity index (χ3n) is 4.17. The fourth-order valence-corrected chi connectivity index (χ4v) is 5.03. The number of hydrogen-bond acceptors (Lipinski definition) is 8. The highest BCUT2D eigenvalue weighted by Gasteiger charge is 2.15. The molecule has 3 N–H and O–H groups in total. The van der Waals surface area contributed by atoms with Gasteiger partial charge in [0.1, 0.15) is 15.8 Å². The molecule has 2 aromatic heterocycles. The first-order chi connectivity index (χ1) is 14.4. The smallest absolute Gasteiger partial charge is 0.250 e. The maximum atomic E-state index is 12.4. The number of aromatic nitrogens is 2. The molecule has 10 heteroatoms. The Kier molecular flexibility index (Phi) is 7.24. The number of ether oxygens (including phenoxy) is 1. The summed E-state index contributed by atoms with van der Waals surface area (Å²) in [5.74, 6) is 1.84. The normalized spacial score (nSPS) is 11.3. The van der Waals surface area contributed by atoms with E-state index in [1.807, 2.05) is 50.2 Å². The van der Waals surface area contributed by atoms with Gasteiger partial charge in [-0.1, -0.05) is 6.92 Å². The minimum atomic E-state index is -3.50. The van der Waals surface area contributed by atoms with Crippen molar-refractivity contribution in [1.29, 1.82) is 0 Å². The van der Waals surface area contributed by atoms with Gasteiger partial charge in [-0.2, -0.15) is 4.98 Å². The quantitative estimate of drug-likeness (QED) is 0.408. The van der Waals surface area contributed by atoms with Crippen LogP contribution in [0.5, 0.6) is 5.75 Å². The van der Waals surface area contributed by atoms with Crippen LogP contribution < -0.4 is 20.1 Å². The van der Waals surface area contributed by atoms with Gasteiger partial charge in [-0.3, -0.25) is 0 Å². The lowest BCUT2D eigenvalue weighted by Gasteiger charge is -2.11. The standard InChI is InChI=1S/C20H25N5O3S2/c1-4-17-9-10-19(29-17)30(26,27)22-12-11-21-20-23-14(2)13-18(25-20)24-15-5-7-16(28-3)8-6-15/h5-10,13,22H,4,11-12H2,1-3H3,(H2,21,23,24,25). The van der Waals surface area contributed by atoms with Gasteiger partial charge in [0.25, 0.3) is 0 Å². The van der Waals surface area contributed by atoms with Crippen molar-refractivity contribution < 1.29 is 13.2 Å². The van der Waals surface area contributed by atoms with Crippen LogP contribution in [0.2, 0.25) is 0 Å². The number of anilines is 3. The van der Waals surface area contributed by atoms with Gasteiger partial charge >= 0.3 is 0 Å². The lowest BCUT2D eigenvalue weighted by Crippen LogP contribution is -2.28. The van der Waals surface area contributed by atoms with Crippen LogP contribution in [0.3, 0.4) is 0 Å². The first-order valence-electron chi connectivity index (χ1n) is 9.48. The Labute approximate surface area is 180 Å². The molecule has 0 atom stereocenters. The van der Waals surface area contributed by atoms with Crippen molar-refractivity contribution in [2.24, 2.45) is 0 Å².